The summed E-state index contributed by atoms with van der Waals surface area (Å²) >= 11 is 4.85. The summed E-state index contributed by atoms with van der Waals surface area (Å²) in [5, 5.41) is 0. The second kappa shape index (κ2) is 5.05. The molecule has 1 heterocycles. The average molecular weight is 263 g/mol. The number of nitrogens with two attached hydrogens (primary N) is 1. The lowest BCUT2D eigenvalue weighted by Gasteiger charge is -2.09. The Morgan fingerprint density at radius 1 is 1.33 bits per heavy atom. The molecule has 0 bridgehead atoms. The second-order valence-corrected chi connectivity index (χ2v) is 4.03. The molecule has 0 aliphatic rings. The Morgan fingerprint density at radius 3 is 2.72 bits per heavy atom. The van der Waals surface area contributed by atoms with Crippen LogP contribution in [0.2, 0.25) is 0 Å². The van der Waals surface area contributed by atoms with E-state index in [2.05, 4.69) is 9.97 Å². The molecule has 0 amide bonds. The Bertz CT molecular complexity index is 604. The van der Waals surface area contributed by atoms with Gasteiger partial charge in [0.1, 0.15) is 16.6 Å². The van der Waals surface area contributed by atoms with E-state index < -0.39 is 0 Å². The van der Waals surface area contributed by atoms with E-state index in [1.165, 1.54) is 30.6 Å². The molecule has 0 aliphatic carbocycles. The first-order chi connectivity index (χ1) is 8.58. The molecule has 6 heteroatoms. The summed E-state index contributed by atoms with van der Waals surface area (Å²) in [6.07, 6.45) is 2.94. The van der Waals surface area contributed by atoms with E-state index in [-0.39, 0.29) is 16.7 Å². The van der Waals surface area contributed by atoms with Gasteiger partial charge in [0.05, 0.1) is 0 Å². The van der Waals surface area contributed by atoms with Crippen LogP contribution in [0.1, 0.15) is 11.3 Å². The minimum absolute atomic E-state index is 0.0952. The highest BCUT2D eigenvalue weighted by Crippen LogP contribution is 2.25. The topological polar surface area (TPSA) is 61.0 Å². The highest BCUT2D eigenvalue weighted by Gasteiger charge is 2.11. The van der Waals surface area contributed by atoms with Crippen molar-refractivity contribution in [2.24, 2.45) is 5.73 Å². The van der Waals surface area contributed by atoms with Crippen molar-refractivity contribution in [2.75, 3.05) is 0 Å². The molecule has 2 aromatic rings. The molecule has 0 atom stereocenters. The number of nitrogens with zero attached hydrogens (tertiary/aromatic N) is 2. The molecular weight excluding hydrogens is 253 g/mol. The summed E-state index contributed by atoms with van der Waals surface area (Å²) in [5.74, 6) is 0.364. The Kier molecular flexibility index (Phi) is 3.47. The van der Waals surface area contributed by atoms with Gasteiger partial charge in [0, 0.05) is 12.4 Å². The third kappa shape index (κ3) is 2.60. The van der Waals surface area contributed by atoms with Gasteiger partial charge in [-0.1, -0.05) is 12.2 Å². The predicted molar refractivity (Wildman–Crippen MR) is 69.1 cm³/mol. The van der Waals surface area contributed by atoms with Crippen LogP contribution >= 0.6 is 12.2 Å². The van der Waals surface area contributed by atoms with Crippen LogP contribution in [-0.2, 0) is 0 Å². The fraction of sp³-hybridized carbons (Fsp3) is 0.0833. The van der Waals surface area contributed by atoms with Gasteiger partial charge >= 0.3 is 0 Å². The zero-order chi connectivity index (χ0) is 13.1. The molecular formula is C12H10FN3OS. The van der Waals surface area contributed by atoms with Gasteiger partial charge < -0.3 is 10.5 Å². The molecule has 0 radical (unpaired) electrons. The average Bonchev–Trinajstić information content (AvgIpc) is 2.33. The lowest BCUT2D eigenvalue weighted by Crippen LogP contribution is -2.13. The zero-order valence-electron chi connectivity index (χ0n) is 9.55. The molecule has 2 rings (SSSR count). The van der Waals surface area contributed by atoms with Crippen LogP contribution in [0.4, 0.5) is 4.39 Å². The van der Waals surface area contributed by atoms with Gasteiger partial charge in [-0.05, 0) is 30.7 Å². The lowest BCUT2D eigenvalue weighted by atomic mass is 10.2. The molecule has 18 heavy (non-hydrogen) atoms. The minimum Gasteiger partial charge on any atom is -0.437 e. The molecule has 0 unspecified atom stereocenters. The molecule has 0 spiro atoms. The summed E-state index contributed by atoms with van der Waals surface area (Å²) < 4.78 is 18.5. The first kappa shape index (κ1) is 12.4. The van der Waals surface area contributed by atoms with E-state index in [1.807, 2.05) is 0 Å². The molecule has 0 saturated carbocycles. The van der Waals surface area contributed by atoms with Crippen molar-refractivity contribution in [3.63, 3.8) is 0 Å². The number of thiocarbonyl (C=S) groups is 1. The van der Waals surface area contributed by atoms with Gasteiger partial charge in [0.15, 0.2) is 5.69 Å². The van der Waals surface area contributed by atoms with Crippen molar-refractivity contribution in [1.82, 2.24) is 9.97 Å². The van der Waals surface area contributed by atoms with Crippen molar-refractivity contribution in [3.8, 4) is 11.6 Å². The first-order valence-corrected chi connectivity index (χ1v) is 5.53. The van der Waals surface area contributed by atoms with Crippen molar-refractivity contribution in [3.05, 3.63) is 47.7 Å². The Balaban J connectivity index is 2.37. The molecule has 0 aliphatic heterocycles. The van der Waals surface area contributed by atoms with E-state index in [1.54, 1.807) is 6.92 Å². The quantitative estimate of drug-likeness (QED) is 0.861. The van der Waals surface area contributed by atoms with Gasteiger partial charge in [0.2, 0.25) is 5.88 Å². The SMILES string of the molecule is Cc1cc(F)ccc1Oc1nccnc1C(N)=S. The second-order valence-electron chi connectivity index (χ2n) is 3.59. The molecule has 1 aromatic heterocycles. The predicted octanol–water partition coefficient (Wildman–Crippen LogP) is 2.35. The number of hydrogen-bond acceptors (Lipinski definition) is 4. The largest absolute Gasteiger partial charge is 0.437 e. The lowest BCUT2D eigenvalue weighted by molar-refractivity contribution is 0.453. The van der Waals surface area contributed by atoms with Gasteiger partial charge in [-0.25, -0.2) is 14.4 Å². The van der Waals surface area contributed by atoms with E-state index in [9.17, 15) is 4.39 Å². The highest BCUT2D eigenvalue weighted by molar-refractivity contribution is 7.80. The maximum absolute atomic E-state index is 13.0. The number of ether oxygens (including phenoxy) is 1. The Labute approximate surface area is 109 Å². The zero-order valence-corrected chi connectivity index (χ0v) is 10.4. The number of halogens is 1. The van der Waals surface area contributed by atoms with E-state index >= 15 is 0 Å². The minimum atomic E-state index is -0.325. The maximum atomic E-state index is 13.0. The van der Waals surface area contributed by atoms with Gasteiger partial charge in [0.25, 0.3) is 0 Å². The van der Waals surface area contributed by atoms with E-state index in [0.717, 1.165) is 0 Å². The molecule has 2 N–H and O–H groups in total. The summed E-state index contributed by atoms with van der Waals surface area (Å²) in [7, 11) is 0. The van der Waals surface area contributed by atoms with Crippen LogP contribution in [0.15, 0.2) is 30.6 Å². The summed E-state index contributed by atoms with van der Waals surface area (Å²) in [6.45, 7) is 1.73. The number of aryl methyl sites for hydroxylation is 1. The molecule has 4 nitrogen and oxygen atoms in total. The summed E-state index contributed by atoms with van der Waals surface area (Å²) in [6, 6.07) is 4.19. The maximum Gasteiger partial charge on any atom is 0.248 e. The molecule has 92 valence electrons. The van der Waals surface area contributed by atoms with Crippen LogP contribution in [-0.4, -0.2) is 15.0 Å². The van der Waals surface area contributed by atoms with Crippen LogP contribution < -0.4 is 10.5 Å². The van der Waals surface area contributed by atoms with E-state index in [4.69, 9.17) is 22.7 Å². The number of aromatic nitrogens is 2. The highest BCUT2D eigenvalue weighted by atomic mass is 32.1. The standard InChI is InChI=1S/C12H10FN3OS/c1-7-6-8(13)2-3-9(7)17-12-10(11(14)18)15-4-5-16-12/h2-6H,1H3,(H2,14,18). The van der Waals surface area contributed by atoms with Crippen LogP contribution in [0.25, 0.3) is 0 Å². The van der Waals surface area contributed by atoms with Crippen molar-refractivity contribution in [1.29, 1.82) is 0 Å². The Morgan fingerprint density at radius 2 is 2.06 bits per heavy atom. The number of benzene rings is 1. The fourth-order valence-electron chi connectivity index (χ4n) is 1.40. The summed E-state index contributed by atoms with van der Waals surface area (Å²) in [4.78, 5) is 8.10. The summed E-state index contributed by atoms with van der Waals surface area (Å²) in [5.41, 5.74) is 6.47. The molecule has 0 saturated heterocycles. The van der Waals surface area contributed by atoms with Gasteiger partial charge in [-0.2, -0.15) is 0 Å². The first-order valence-electron chi connectivity index (χ1n) is 5.13. The van der Waals surface area contributed by atoms with Crippen molar-refractivity contribution >= 4 is 17.2 Å². The van der Waals surface area contributed by atoms with Gasteiger partial charge in [-0.3, -0.25) is 0 Å². The van der Waals surface area contributed by atoms with Crippen molar-refractivity contribution in [2.45, 2.75) is 6.92 Å². The van der Waals surface area contributed by atoms with Crippen molar-refractivity contribution < 1.29 is 9.13 Å². The molecule has 1 aromatic carbocycles. The number of hydrogen-bond donors (Lipinski definition) is 1. The molecule has 0 fully saturated rings. The normalized spacial score (nSPS) is 10.1. The van der Waals surface area contributed by atoms with E-state index in [0.29, 0.717) is 17.0 Å². The smallest absolute Gasteiger partial charge is 0.248 e. The fourth-order valence-corrected chi connectivity index (χ4v) is 1.54. The Hall–Kier alpha value is -2.08. The van der Waals surface area contributed by atoms with Crippen LogP contribution in [0, 0.1) is 12.7 Å². The third-order valence-corrected chi connectivity index (χ3v) is 2.44. The monoisotopic (exact) mass is 263 g/mol. The van der Waals surface area contributed by atoms with Crippen LogP contribution in [0.5, 0.6) is 11.6 Å². The third-order valence-electron chi connectivity index (χ3n) is 2.24. The van der Waals surface area contributed by atoms with Crippen LogP contribution in [0.3, 0.4) is 0 Å². The number of rotatable bonds is 3. The van der Waals surface area contributed by atoms with Gasteiger partial charge in [-0.15, -0.1) is 0 Å².